The SMILES string of the molecule is Nc1nc(/C(=N/O)C(=O)N[C@@H]2C(=O)N3C(C(=O)O)=C(SCSc4nncs4)CS[C@H]23)cs1. The predicted molar refractivity (Wildman–Crippen MR) is 123 cm³/mol. The van der Waals surface area contributed by atoms with E-state index in [4.69, 9.17) is 5.73 Å². The summed E-state index contributed by atoms with van der Waals surface area (Å²) >= 11 is 6.55. The number of rotatable bonds is 8. The smallest absolute Gasteiger partial charge is 0.353 e. The molecular formula is C15H13N7O5S5. The largest absolute Gasteiger partial charge is 0.477 e. The molecule has 168 valence electrons. The summed E-state index contributed by atoms with van der Waals surface area (Å²) < 4.78 is 0.766. The van der Waals surface area contributed by atoms with E-state index in [2.05, 4.69) is 25.7 Å². The number of anilines is 1. The lowest BCUT2D eigenvalue weighted by Gasteiger charge is -2.49. The van der Waals surface area contributed by atoms with Crippen LogP contribution in [0.1, 0.15) is 5.69 Å². The molecule has 0 spiro atoms. The number of carbonyl (C=O) groups excluding carboxylic acids is 2. The Balaban J connectivity index is 1.44. The van der Waals surface area contributed by atoms with Gasteiger partial charge in [-0.15, -0.1) is 45.1 Å². The van der Waals surface area contributed by atoms with Crippen LogP contribution in [0.25, 0.3) is 0 Å². The Morgan fingerprint density at radius 1 is 1.38 bits per heavy atom. The van der Waals surface area contributed by atoms with E-state index in [1.807, 2.05) is 0 Å². The monoisotopic (exact) mass is 531 g/mol. The van der Waals surface area contributed by atoms with Crippen LogP contribution in [0, 0.1) is 0 Å². The number of hydrogen-bond acceptors (Lipinski definition) is 14. The lowest BCUT2D eigenvalue weighted by Crippen LogP contribution is -2.71. The molecule has 2 aliphatic rings. The number of aliphatic carboxylic acids is 1. The van der Waals surface area contributed by atoms with Crippen molar-refractivity contribution in [1.82, 2.24) is 25.4 Å². The second kappa shape index (κ2) is 9.65. The highest BCUT2D eigenvalue weighted by Gasteiger charge is 2.54. The van der Waals surface area contributed by atoms with Crippen molar-refractivity contribution in [2.24, 2.45) is 5.16 Å². The van der Waals surface area contributed by atoms with Crippen LogP contribution < -0.4 is 11.1 Å². The number of aromatic nitrogens is 3. The maximum Gasteiger partial charge on any atom is 0.353 e. The summed E-state index contributed by atoms with van der Waals surface area (Å²) in [6, 6.07) is -0.961. The van der Waals surface area contributed by atoms with E-state index < -0.39 is 29.2 Å². The first-order chi connectivity index (χ1) is 15.4. The second-order valence-corrected chi connectivity index (χ2v) is 11.6. The average Bonchev–Trinajstić information content (AvgIpc) is 3.44. The van der Waals surface area contributed by atoms with E-state index in [9.17, 15) is 24.7 Å². The van der Waals surface area contributed by atoms with Crippen molar-refractivity contribution >= 4 is 86.6 Å². The summed E-state index contributed by atoms with van der Waals surface area (Å²) in [7, 11) is 0. The molecule has 12 nitrogen and oxygen atoms in total. The molecule has 2 aromatic rings. The number of nitrogens with zero attached hydrogens (tertiary/aromatic N) is 5. The number of thiazole rings is 1. The number of hydrogen-bond donors (Lipinski definition) is 4. The topological polar surface area (TPSA) is 184 Å². The number of oxime groups is 1. The summed E-state index contributed by atoms with van der Waals surface area (Å²) in [5.74, 6) is -2.22. The number of nitrogen functional groups attached to an aromatic ring is 1. The summed E-state index contributed by atoms with van der Waals surface area (Å²) in [6.07, 6.45) is 0. The van der Waals surface area contributed by atoms with Gasteiger partial charge < -0.3 is 21.4 Å². The summed E-state index contributed by atoms with van der Waals surface area (Å²) in [5.41, 5.74) is 6.75. The lowest BCUT2D eigenvalue weighted by atomic mass is 10.0. The van der Waals surface area contributed by atoms with Crippen LogP contribution in [0.5, 0.6) is 0 Å². The van der Waals surface area contributed by atoms with Crippen molar-refractivity contribution in [3.63, 3.8) is 0 Å². The minimum Gasteiger partial charge on any atom is -0.477 e. The molecular weight excluding hydrogens is 519 g/mol. The summed E-state index contributed by atoms with van der Waals surface area (Å²) in [4.78, 5) is 42.8. The highest BCUT2D eigenvalue weighted by molar-refractivity contribution is 8.18. The number of thioether (sulfide) groups is 3. The highest BCUT2D eigenvalue weighted by Crippen LogP contribution is 2.44. The first-order valence-corrected chi connectivity index (χ1v) is 13.4. The number of carbonyl (C=O) groups is 3. The Kier molecular flexibility index (Phi) is 6.89. The van der Waals surface area contributed by atoms with Crippen molar-refractivity contribution in [3.05, 3.63) is 27.2 Å². The lowest BCUT2D eigenvalue weighted by molar-refractivity contribution is -0.150. The zero-order valence-electron chi connectivity index (χ0n) is 15.7. The molecule has 5 N–H and O–H groups in total. The molecule has 1 fully saturated rings. The van der Waals surface area contributed by atoms with Crippen LogP contribution in [0.15, 0.2) is 31.0 Å². The maximum absolute atomic E-state index is 12.7. The first kappa shape index (κ1) is 22.8. The molecule has 0 saturated carbocycles. The Labute approximate surface area is 200 Å². The Hall–Kier alpha value is -2.34. The fourth-order valence-electron chi connectivity index (χ4n) is 2.90. The second-order valence-electron chi connectivity index (χ2n) is 6.07. The normalized spacial score (nSPS) is 20.7. The molecule has 2 atom stereocenters. The predicted octanol–water partition coefficient (Wildman–Crippen LogP) is 0.934. The first-order valence-electron chi connectivity index (χ1n) is 8.58. The molecule has 17 heteroatoms. The molecule has 2 aliphatic heterocycles. The third-order valence-corrected chi connectivity index (χ3v) is 9.48. The number of fused-ring (bicyclic) bond motifs is 1. The fourth-order valence-corrected chi connectivity index (χ4v) is 7.92. The molecule has 4 rings (SSSR count). The van der Waals surface area contributed by atoms with Gasteiger partial charge in [-0.3, -0.25) is 14.5 Å². The van der Waals surface area contributed by atoms with Gasteiger partial charge in [0.2, 0.25) is 0 Å². The maximum atomic E-state index is 12.7. The fraction of sp³-hybridized carbons (Fsp3) is 0.267. The molecule has 0 aliphatic carbocycles. The van der Waals surface area contributed by atoms with E-state index in [0.29, 0.717) is 15.7 Å². The van der Waals surface area contributed by atoms with Gasteiger partial charge in [-0.1, -0.05) is 28.3 Å². The zero-order chi connectivity index (χ0) is 22.8. The van der Waals surface area contributed by atoms with Gasteiger partial charge in [0.1, 0.15) is 28.3 Å². The van der Waals surface area contributed by atoms with Crippen LogP contribution in [0.4, 0.5) is 5.13 Å². The van der Waals surface area contributed by atoms with Gasteiger partial charge in [0.25, 0.3) is 11.8 Å². The van der Waals surface area contributed by atoms with Crippen LogP contribution >= 0.6 is 58.0 Å². The Morgan fingerprint density at radius 3 is 2.81 bits per heavy atom. The molecule has 2 aromatic heterocycles. The molecule has 0 unspecified atom stereocenters. The number of carboxylic acids is 1. The van der Waals surface area contributed by atoms with Gasteiger partial charge in [0.15, 0.2) is 15.2 Å². The van der Waals surface area contributed by atoms with Gasteiger partial charge in [-0.25, -0.2) is 9.78 Å². The molecule has 4 heterocycles. The third kappa shape index (κ3) is 4.42. The van der Waals surface area contributed by atoms with Gasteiger partial charge in [0, 0.05) is 16.0 Å². The third-order valence-electron chi connectivity index (χ3n) is 4.26. The Morgan fingerprint density at radius 2 is 2.19 bits per heavy atom. The van der Waals surface area contributed by atoms with Crippen molar-refractivity contribution in [3.8, 4) is 0 Å². The molecule has 32 heavy (non-hydrogen) atoms. The van der Waals surface area contributed by atoms with E-state index in [-0.39, 0.29) is 22.2 Å². The number of β-lactam (4-membered cyclic amide) rings is 1. The zero-order valence-corrected chi connectivity index (χ0v) is 19.8. The standard InChI is InChI=1S/C15H13N7O5S5/c16-14-18-5(1-29-14)7(21-27)10(23)19-8-11(24)22-9(13(25)26)6(2-28-12(8)22)31-4-32-15-20-17-3-30-15/h1,3,8,12,27H,2,4H2,(H2,16,18)(H,19,23)(H,25,26)/b21-7-/t8-,12-/m1/s1. The van der Waals surface area contributed by atoms with Gasteiger partial charge in [-0.2, -0.15) is 0 Å². The van der Waals surface area contributed by atoms with Crippen molar-refractivity contribution in [2.75, 3.05) is 16.6 Å². The molecule has 0 aromatic carbocycles. The van der Waals surface area contributed by atoms with Gasteiger partial charge in [-0.05, 0) is 0 Å². The van der Waals surface area contributed by atoms with Crippen LogP contribution in [-0.4, -0.2) is 76.1 Å². The van der Waals surface area contributed by atoms with Crippen molar-refractivity contribution in [2.45, 2.75) is 15.8 Å². The van der Waals surface area contributed by atoms with Crippen LogP contribution in [0.3, 0.4) is 0 Å². The summed E-state index contributed by atoms with van der Waals surface area (Å²) in [5, 5.41) is 33.6. The molecule has 0 radical (unpaired) electrons. The van der Waals surface area contributed by atoms with Crippen molar-refractivity contribution in [1.29, 1.82) is 0 Å². The number of amides is 2. The number of carboxylic acid groups (broad SMARTS) is 1. The van der Waals surface area contributed by atoms with E-state index in [1.165, 1.54) is 56.9 Å². The average molecular weight is 532 g/mol. The van der Waals surface area contributed by atoms with E-state index >= 15 is 0 Å². The number of nitrogens with two attached hydrogens (primary N) is 1. The highest BCUT2D eigenvalue weighted by atomic mass is 32.2. The quantitative estimate of drug-likeness (QED) is 0.0945. The van der Waals surface area contributed by atoms with Gasteiger partial charge >= 0.3 is 5.97 Å². The molecule has 2 amide bonds. The van der Waals surface area contributed by atoms with Crippen molar-refractivity contribution < 1.29 is 24.7 Å². The van der Waals surface area contributed by atoms with Crippen LogP contribution in [0.2, 0.25) is 0 Å². The molecule has 1 saturated heterocycles. The van der Waals surface area contributed by atoms with E-state index in [0.717, 1.165) is 15.7 Å². The minimum absolute atomic E-state index is 0.0742. The Bertz CT molecular complexity index is 1120. The van der Waals surface area contributed by atoms with Crippen LogP contribution in [-0.2, 0) is 14.4 Å². The van der Waals surface area contributed by atoms with E-state index in [1.54, 1.807) is 5.51 Å². The number of nitrogens with one attached hydrogen (secondary N) is 1. The summed E-state index contributed by atoms with van der Waals surface area (Å²) in [6.45, 7) is 0. The van der Waals surface area contributed by atoms with Gasteiger partial charge in [0.05, 0.1) is 5.08 Å². The minimum atomic E-state index is -1.22. The molecule has 0 bridgehead atoms.